The summed E-state index contributed by atoms with van der Waals surface area (Å²) in [6.07, 6.45) is 0. The van der Waals surface area contributed by atoms with E-state index in [0.29, 0.717) is 0 Å². The lowest BCUT2D eigenvalue weighted by molar-refractivity contribution is 0.748. The third kappa shape index (κ3) is 5.07. The second-order valence-corrected chi connectivity index (χ2v) is 17.4. The summed E-state index contributed by atoms with van der Waals surface area (Å²) in [7, 11) is 0. The van der Waals surface area contributed by atoms with Crippen molar-refractivity contribution in [3.63, 3.8) is 0 Å². The minimum absolute atomic E-state index is 0.505. The maximum absolute atomic E-state index is 2.56. The molecule has 0 amide bonds. The van der Waals surface area contributed by atoms with Crippen molar-refractivity contribution in [2.24, 2.45) is 0 Å². The molecule has 10 aromatic carbocycles. The number of nitrogens with zero attached hydrogens (tertiary/aromatic N) is 2. The molecular formula is C61H42N2. The van der Waals surface area contributed by atoms with Crippen molar-refractivity contribution in [2.45, 2.75) is 19.3 Å². The first-order chi connectivity index (χ1) is 31.1. The van der Waals surface area contributed by atoms with E-state index in [4.69, 9.17) is 0 Å². The topological polar surface area (TPSA) is 8.17 Å². The number of anilines is 3. The molecule has 11 aromatic rings. The molecule has 0 bridgehead atoms. The molecule has 1 aliphatic carbocycles. The van der Waals surface area contributed by atoms with Gasteiger partial charge in [-0.1, -0.05) is 175 Å². The molecule has 13 rings (SSSR count). The number of hydrogen-bond acceptors (Lipinski definition) is 1. The van der Waals surface area contributed by atoms with E-state index in [1.807, 2.05) is 0 Å². The van der Waals surface area contributed by atoms with Gasteiger partial charge in [-0.2, -0.15) is 0 Å². The van der Waals surface area contributed by atoms with Crippen LogP contribution in [0.25, 0.3) is 71.6 Å². The Labute approximate surface area is 367 Å². The van der Waals surface area contributed by atoms with Crippen LogP contribution in [-0.4, -0.2) is 4.57 Å². The summed E-state index contributed by atoms with van der Waals surface area (Å²) < 4.78 is 2.56. The van der Waals surface area contributed by atoms with Gasteiger partial charge in [-0.25, -0.2) is 0 Å². The van der Waals surface area contributed by atoms with Crippen LogP contribution in [0, 0.1) is 13.8 Å². The minimum atomic E-state index is -0.505. The van der Waals surface area contributed by atoms with E-state index in [1.165, 1.54) is 105 Å². The van der Waals surface area contributed by atoms with Crippen LogP contribution in [0.15, 0.2) is 218 Å². The van der Waals surface area contributed by atoms with Gasteiger partial charge in [0.15, 0.2) is 0 Å². The number of para-hydroxylation sites is 1. The summed E-state index contributed by atoms with van der Waals surface area (Å²) >= 11 is 0. The largest absolute Gasteiger partial charge is 0.309 e. The summed E-state index contributed by atoms with van der Waals surface area (Å²) in [6.45, 7) is 4.47. The summed E-state index contributed by atoms with van der Waals surface area (Å²) in [5.74, 6) is 0. The lowest BCUT2D eigenvalue weighted by Crippen LogP contribution is -2.33. The highest BCUT2D eigenvalue weighted by Crippen LogP contribution is 2.61. The van der Waals surface area contributed by atoms with Crippen LogP contribution in [-0.2, 0) is 5.41 Å². The number of rotatable bonds is 5. The first-order valence-corrected chi connectivity index (χ1v) is 22.0. The molecule has 0 unspecified atom stereocenters. The fourth-order valence-corrected chi connectivity index (χ4v) is 11.3. The van der Waals surface area contributed by atoms with E-state index in [0.717, 1.165) is 17.1 Å². The summed E-state index contributed by atoms with van der Waals surface area (Å²) in [4.78, 5) is 2.44. The zero-order valence-electron chi connectivity index (χ0n) is 35.2. The van der Waals surface area contributed by atoms with Crippen molar-refractivity contribution in [3.8, 4) is 39.1 Å². The number of hydrogen-bond donors (Lipinski definition) is 0. The van der Waals surface area contributed by atoms with Gasteiger partial charge in [0.1, 0.15) is 0 Å². The third-order valence-corrected chi connectivity index (χ3v) is 13.9. The average molecular weight is 803 g/mol. The predicted molar refractivity (Wildman–Crippen MR) is 264 cm³/mol. The van der Waals surface area contributed by atoms with Gasteiger partial charge in [-0.15, -0.1) is 0 Å². The molecule has 0 radical (unpaired) electrons. The summed E-state index contributed by atoms with van der Waals surface area (Å²) in [5.41, 5.74) is 22.0. The van der Waals surface area contributed by atoms with Crippen LogP contribution in [0.1, 0.15) is 33.4 Å². The zero-order valence-corrected chi connectivity index (χ0v) is 35.2. The molecule has 1 aromatic heterocycles. The van der Waals surface area contributed by atoms with Gasteiger partial charge < -0.3 is 9.47 Å². The molecule has 1 aliphatic heterocycles. The maximum atomic E-state index is 2.56. The monoisotopic (exact) mass is 802 g/mol. The highest BCUT2D eigenvalue weighted by molar-refractivity contribution is 6.13. The van der Waals surface area contributed by atoms with Crippen LogP contribution >= 0.6 is 0 Å². The number of benzene rings is 10. The number of aryl methyl sites for hydroxylation is 2. The van der Waals surface area contributed by atoms with Gasteiger partial charge in [0.25, 0.3) is 0 Å². The Morgan fingerprint density at radius 2 is 1.02 bits per heavy atom. The quantitative estimate of drug-likeness (QED) is 0.168. The second kappa shape index (κ2) is 13.5. The van der Waals surface area contributed by atoms with Crippen molar-refractivity contribution in [1.29, 1.82) is 0 Å². The third-order valence-electron chi connectivity index (χ3n) is 13.9. The Hall–Kier alpha value is -7.94. The minimum Gasteiger partial charge on any atom is -0.309 e. The molecular weight excluding hydrogens is 761 g/mol. The van der Waals surface area contributed by atoms with Crippen LogP contribution < -0.4 is 4.90 Å². The average Bonchev–Trinajstić information content (AvgIpc) is 3.82. The van der Waals surface area contributed by atoms with Crippen LogP contribution in [0.3, 0.4) is 0 Å². The van der Waals surface area contributed by atoms with E-state index in [1.54, 1.807) is 0 Å². The van der Waals surface area contributed by atoms with E-state index >= 15 is 0 Å². The van der Waals surface area contributed by atoms with E-state index in [2.05, 4.69) is 242 Å². The van der Waals surface area contributed by atoms with Crippen molar-refractivity contribution >= 4 is 49.6 Å². The lowest BCUT2D eigenvalue weighted by Gasteiger charge is -2.40. The fraction of sp³-hybridized carbons (Fsp3) is 0.0492. The lowest BCUT2D eigenvalue weighted by atomic mass is 9.65. The normalized spacial score (nSPS) is 13.0. The van der Waals surface area contributed by atoms with Gasteiger partial charge in [0, 0.05) is 27.4 Å². The van der Waals surface area contributed by atoms with E-state index in [9.17, 15) is 0 Å². The molecule has 0 atom stereocenters. The smallest absolute Gasteiger partial charge is 0.0754 e. The Bertz CT molecular complexity index is 3600. The number of aromatic nitrogens is 1. The van der Waals surface area contributed by atoms with E-state index < -0.39 is 5.41 Å². The van der Waals surface area contributed by atoms with Crippen molar-refractivity contribution in [3.05, 3.63) is 252 Å². The van der Waals surface area contributed by atoms with Crippen molar-refractivity contribution in [1.82, 2.24) is 4.57 Å². The standard InChI is InChI=1S/C61H42N2/c1-39-27-33-58-50(35-39)51-36-40(2)37-55-60(51)63(58)59-34-30-44(38-54(59)61(55)52-23-11-8-21-48(52)49-22-9-12-24-53(49)61)41-28-31-45(32-29-41)62(57-26-14-18-43-17-6-7-19-47(43)57)56-25-13-10-20-46(56)42-15-4-3-5-16-42/h3-38H,1-2H3. The SMILES string of the molecule is Cc1ccc2c(c1)c1cc(C)cc3c1n2-c1ccc(-c2ccc(N(c4ccccc4-c4ccccc4)c4cccc5ccccc45)cc2)cc1C31c2ccccc2-c2ccccc21. The molecule has 63 heavy (non-hydrogen) atoms. The highest BCUT2D eigenvalue weighted by Gasteiger charge is 2.51. The number of fused-ring (bicyclic) bond motifs is 13. The van der Waals surface area contributed by atoms with Gasteiger partial charge in [0.2, 0.25) is 0 Å². The summed E-state index contributed by atoms with van der Waals surface area (Å²) in [5, 5.41) is 5.05. The highest BCUT2D eigenvalue weighted by atomic mass is 15.1. The molecule has 2 aliphatic rings. The first kappa shape index (κ1) is 35.8. The molecule has 2 heteroatoms. The molecule has 2 heterocycles. The van der Waals surface area contributed by atoms with E-state index in [-0.39, 0.29) is 0 Å². The Morgan fingerprint density at radius 1 is 0.381 bits per heavy atom. The van der Waals surface area contributed by atoms with Crippen LogP contribution in [0.4, 0.5) is 17.1 Å². The van der Waals surface area contributed by atoms with Gasteiger partial charge in [-0.3, -0.25) is 0 Å². The molecule has 1 spiro atoms. The Kier molecular flexibility index (Phi) is 7.68. The molecule has 2 nitrogen and oxygen atoms in total. The molecule has 0 saturated carbocycles. The first-order valence-electron chi connectivity index (χ1n) is 22.0. The molecule has 296 valence electrons. The molecule has 0 saturated heterocycles. The predicted octanol–water partition coefficient (Wildman–Crippen LogP) is 16.0. The summed E-state index contributed by atoms with van der Waals surface area (Å²) in [6, 6.07) is 81.4. The Morgan fingerprint density at radius 3 is 1.81 bits per heavy atom. The molecule has 0 fully saturated rings. The molecule has 0 N–H and O–H groups in total. The Balaban J connectivity index is 1.04. The fourth-order valence-electron chi connectivity index (χ4n) is 11.3. The zero-order chi connectivity index (χ0) is 41.8. The van der Waals surface area contributed by atoms with Gasteiger partial charge in [0.05, 0.1) is 33.5 Å². The van der Waals surface area contributed by atoms with Gasteiger partial charge in [-0.05, 0) is 124 Å². The van der Waals surface area contributed by atoms with Gasteiger partial charge >= 0.3 is 0 Å². The van der Waals surface area contributed by atoms with Crippen molar-refractivity contribution < 1.29 is 0 Å². The van der Waals surface area contributed by atoms with Crippen molar-refractivity contribution in [2.75, 3.05) is 4.90 Å². The maximum Gasteiger partial charge on any atom is 0.0754 e. The van der Waals surface area contributed by atoms with Crippen LogP contribution in [0.2, 0.25) is 0 Å². The van der Waals surface area contributed by atoms with Crippen LogP contribution in [0.5, 0.6) is 0 Å². The second-order valence-electron chi connectivity index (χ2n) is 17.4.